The van der Waals surface area contributed by atoms with Crippen molar-refractivity contribution in [3.63, 3.8) is 0 Å². The van der Waals surface area contributed by atoms with Crippen LogP contribution in [0.25, 0.3) is 0 Å². The lowest BCUT2D eigenvalue weighted by molar-refractivity contribution is -0.114. The molecule has 0 aliphatic rings. The lowest BCUT2D eigenvalue weighted by atomic mass is 10.2. The van der Waals surface area contributed by atoms with Gasteiger partial charge in [-0.2, -0.15) is 8.78 Å². The van der Waals surface area contributed by atoms with Crippen molar-refractivity contribution in [3.8, 4) is 11.5 Å². The molecule has 0 unspecified atom stereocenters. The molecular weight excluding hydrogens is 420 g/mol. The zero-order valence-corrected chi connectivity index (χ0v) is 18.1. The minimum Gasteiger partial charge on any atom is -0.496 e. The molecule has 3 rings (SSSR count). The van der Waals surface area contributed by atoms with E-state index in [9.17, 15) is 13.6 Å². The van der Waals surface area contributed by atoms with Crippen molar-refractivity contribution in [1.29, 1.82) is 0 Å². The van der Waals surface area contributed by atoms with Crippen molar-refractivity contribution in [1.82, 2.24) is 15.0 Å². The van der Waals surface area contributed by atoms with Gasteiger partial charge in [0.2, 0.25) is 11.7 Å². The van der Waals surface area contributed by atoms with E-state index in [4.69, 9.17) is 9.47 Å². The van der Waals surface area contributed by atoms with E-state index in [0.717, 1.165) is 12.5 Å². The number of ether oxygens (including phenoxy) is 2. The number of halogens is 2. The fourth-order valence-corrected chi connectivity index (χ4v) is 2.85. The van der Waals surface area contributed by atoms with Gasteiger partial charge in [0, 0.05) is 37.2 Å². The van der Waals surface area contributed by atoms with E-state index in [1.54, 1.807) is 14.0 Å². The number of hydrogen-bond donors (Lipinski definition) is 2. The lowest BCUT2D eigenvalue weighted by Gasteiger charge is -2.16. The Hall–Kier alpha value is -3.82. The van der Waals surface area contributed by atoms with Gasteiger partial charge in [-0.1, -0.05) is 18.2 Å². The first-order valence-corrected chi connectivity index (χ1v) is 9.69. The molecule has 2 aromatic heterocycles. The molecule has 1 aromatic carbocycles. The molecule has 0 saturated carbocycles. The Kier molecular flexibility index (Phi) is 6.82. The van der Waals surface area contributed by atoms with Crippen LogP contribution < -0.4 is 20.1 Å². The van der Waals surface area contributed by atoms with Crippen LogP contribution in [0.15, 0.2) is 42.6 Å². The average Bonchev–Trinajstić information content (AvgIpc) is 2.72. The number of nitrogens with zero attached hydrogens (tertiary/aromatic N) is 3. The number of amides is 1. The molecule has 1 amide bonds. The average molecular weight is 443 g/mol. The number of nitrogens with one attached hydrogen (secondary N) is 2. The monoisotopic (exact) mass is 443 g/mol. The Balaban J connectivity index is 1.93. The van der Waals surface area contributed by atoms with Gasteiger partial charge >= 0.3 is 5.92 Å². The molecule has 0 aliphatic carbocycles. The molecule has 2 heterocycles. The van der Waals surface area contributed by atoms with E-state index in [0.29, 0.717) is 22.9 Å². The van der Waals surface area contributed by atoms with Crippen LogP contribution in [0.2, 0.25) is 0 Å². The number of hydrogen-bond acceptors (Lipinski definition) is 7. The fraction of sp³-hybridized carbons (Fsp3) is 0.273. The summed E-state index contributed by atoms with van der Waals surface area (Å²) in [6, 6.07) is 10.4. The molecular formula is C22H23F2N5O3. The summed E-state index contributed by atoms with van der Waals surface area (Å²) in [4.78, 5) is 23.3. The summed E-state index contributed by atoms with van der Waals surface area (Å²) < 4.78 is 38.8. The largest absolute Gasteiger partial charge is 0.496 e. The fourth-order valence-electron chi connectivity index (χ4n) is 2.85. The summed E-state index contributed by atoms with van der Waals surface area (Å²) in [6.07, 6.45) is 1.42. The predicted molar refractivity (Wildman–Crippen MR) is 115 cm³/mol. The van der Waals surface area contributed by atoms with E-state index in [1.165, 1.54) is 25.3 Å². The van der Waals surface area contributed by atoms with E-state index < -0.39 is 11.7 Å². The maximum absolute atomic E-state index is 13.8. The minimum absolute atomic E-state index is 0.149. The first-order chi connectivity index (χ1) is 15.2. The van der Waals surface area contributed by atoms with Crippen molar-refractivity contribution < 1.29 is 23.0 Å². The maximum atomic E-state index is 13.8. The number of anilines is 3. The van der Waals surface area contributed by atoms with Gasteiger partial charge in [0.05, 0.1) is 19.0 Å². The van der Waals surface area contributed by atoms with Crippen molar-refractivity contribution >= 4 is 23.2 Å². The standard InChI is InChI=1S/C22H23F2N5O3/c1-13-9-20(29-21(26-13)22(3,23)24)28-16-10-19(27-14(2)30)25-11-18(16)32-12-15-7-5-6-8-17(15)31-4/h5-11H,12H2,1-4H3,(H2,25,26,27,28,29,30). The number of aryl methyl sites for hydroxylation is 1. The van der Waals surface area contributed by atoms with Crippen LogP contribution >= 0.6 is 0 Å². The van der Waals surface area contributed by atoms with Gasteiger partial charge in [0.15, 0.2) is 5.75 Å². The predicted octanol–water partition coefficient (Wildman–Crippen LogP) is 4.58. The summed E-state index contributed by atoms with van der Waals surface area (Å²) in [6.45, 7) is 3.84. The van der Waals surface area contributed by atoms with Gasteiger partial charge in [-0.25, -0.2) is 15.0 Å². The van der Waals surface area contributed by atoms with Crippen molar-refractivity contribution in [2.45, 2.75) is 33.3 Å². The highest BCUT2D eigenvalue weighted by Gasteiger charge is 2.29. The molecule has 0 fully saturated rings. The van der Waals surface area contributed by atoms with Crippen LogP contribution in [-0.4, -0.2) is 28.0 Å². The highest BCUT2D eigenvalue weighted by atomic mass is 19.3. The maximum Gasteiger partial charge on any atom is 0.303 e. The number of rotatable bonds is 8. The van der Waals surface area contributed by atoms with Gasteiger partial charge in [-0.3, -0.25) is 4.79 Å². The van der Waals surface area contributed by atoms with Crippen LogP contribution in [0.4, 0.5) is 26.1 Å². The van der Waals surface area contributed by atoms with E-state index in [2.05, 4.69) is 25.6 Å². The normalized spacial score (nSPS) is 11.1. The SMILES string of the molecule is COc1ccccc1COc1cnc(NC(C)=O)cc1Nc1cc(C)nc(C(C)(F)F)n1. The first kappa shape index (κ1) is 22.9. The van der Waals surface area contributed by atoms with Crippen LogP contribution in [0, 0.1) is 6.92 Å². The summed E-state index contributed by atoms with van der Waals surface area (Å²) in [5.41, 5.74) is 1.55. The van der Waals surface area contributed by atoms with E-state index in [-0.39, 0.29) is 24.1 Å². The number of pyridine rings is 1. The van der Waals surface area contributed by atoms with Gasteiger partial charge in [-0.05, 0) is 13.0 Å². The Morgan fingerprint density at radius 3 is 2.56 bits per heavy atom. The third-order valence-corrected chi connectivity index (χ3v) is 4.26. The zero-order chi connectivity index (χ0) is 23.3. The van der Waals surface area contributed by atoms with E-state index >= 15 is 0 Å². The molecule has 0 bridgehead atoms. The first-order valence-electron chi connectivity index (χ1n) is 9.69. The second-order valence-corrected chi connectivity index (χ2v) is 7.08. The summed E-state index contributed by atoms with van der Waals surface area (Å²) in [5.74, 6) is -2.72. The topological polar surface area (TPSA) is 98.3 Å². The third kappa shape index (κ3) is 5.87. The molecule has 0 aliphatic heterocycles. The number of benzene rings is 1. The minimum atomic E-state index is -3.20. The van der Waals surface area contributed by atoms with Gasteiger partial charge < -0.3 is 20.1 Å². The number of alkyl halides is 2. The van der Waals surface area contributed by atoms with Crippen molar-refractivity contribution in [2.24, 2.45) is 0 Å². The highest BCUT2D eigenvalue weighted by Crippen LogP contribution is 2.32. The zero-order valence-electron chi connectivity index (χ0n) is 18.1. The number of carbonyl (C=O) groups excluding carboxylic acids is 1. The van der Waals surface area contributed by atoms with Crippen LogP contribution in [0.3, 0.4) is 0 Å². The molecule has 168 valence electrons. The molecule has 8 nitrogen and oxygen atoms in total. The Morgan fingerprint density at radius 2 is 1.88 bits per heavy atom. The Bertz CT molecular complexity index is 1120. The Morgan fingerprint density at radius 1 is 1.12 bits per heavy atom. The van der Waals surface area contributed by atoms with Gasteiger partial charge in [0.25, 0.3) is 0 Å². The summed E-state index contributed by atoms with van der Waals surface area (Å²) in [5, 5.41) is 5.55. The number of methoxy groups -OCH3 is 1. The lowest BCUT2D eigenvalue weighted by Crippen LogP contribution is -2.14. The molecule has 2 N–H and O–H groups in total. The molecule has 0 atom stereocenters. The smallest absolute Gasteiger partial charge is 0.303 e. The van der Waals surface area contributed by atoms with Gasteiger partial charge in [0.1, 0.15) is 24.0 Å². The summed E-state index contributed by atoms with van der Waals surface area (Å²) >= 11 is 0. The number of carbonyl (C=O) groups is 1. The molecule has 32 heavy (non-hydrogen) atoms. The molecule has 10 heteroatoms. The highest BCUT2D eigenvalue weighted by molar-refractivity contribution is 5.88. The number of aromatic nitrogens is 3. The Labute approximate surface area is 184 Å². The second-order valence-electron chi connectivity index (χ2n) is 7.08. The summed E-state index contributed by atoms with van der Waals surface area (Å²) in [7, 11) is 1.56. The van der Waals surface area contributed by atoms with Crippen LogP contribution in [0.5, 0.6) is 11.5 Å². The second kappa shape index (κ2) is 9.54. The molecule has 0 saturated heterocycles. The van der Waals surface area contributed by atoms with Crippen LogP contribution in [0.1, 0.15) is 30.9 Å². The molecule has 0 spiro atoms. The van der Waals surface area contributed by atoms with Crippen molar-refractivity contribution in [3.05, 3.63) is 59.7 Å². The van der Waals surface area contributed by atoms with Gasteiger partial charge in [-0.15, -0.1) is 0 Å². The van der Waals surface area contributed by atoms with E-state index in [1.807, 2.05) is 24.3 Å². The molecule has 0 radical (unpaired) electrons. The third-order valence-electron chi connectivity index (χ3n) is 4.26. The molecule has 3 aromatic rings. The quantitative estimate of drug-likeness (QED) is 0.526. The number of para-hydroxylation sites is 1. The van der Waals surface area contributed by atoms with Crippen LogP contribution in [-0.2, 0) is 17.3 Å². The van der Waals surface area contributed by atoms with Crippen molar-refractivity contribution in [2.75, 3.05) is 17.7 Å².